The Morgan fingerprint density at radius 2 is 1.06 bits per heavy atom. The van der Waals surface area contributed by atoms with Crippen LogP contribution < -0.4 is 0 Å². The fraction of sp³-hybridized carbons (Fsp3) is 0.440. The van der Waals surface area contributed by atoms with Gasteiger partial charge < -0.3 is 28.4 Å². The van der Waals surface area contributed by atoms with Crippen LogP contribution in [0.25, 0.3) is 0 Å². The van der Waals surface area contributed by atoms with Gasteiger partial charge in [0.15, 0.2) is 0 Å². The molecular formula is C25H24O8. The number of methoxy groups -OCH3 is 2. The zero-order valence-electron chi connectivity index (χ0n) is 18.2. The third-order valence-corrected chi connectivity index (χ3v) is 7.60. The van der Waals surface area contributed by atoms with Crippen LogP contribution in [0.4, 0.5) is 9.59 Å². The van der Waals surface area contributed by atoms with Crippen molar-refractivity contribution in [3.8, 4) is 0 Å². The van der Waals surface area contributed by atoms with Crippen molar-refractivity contribution < 1.29 is 38.0 Å². The summed E-state index contributed by atoms with van der Waals surface area (Å²) in [6.45, 7) is 0.0199. The molecule has 1 saturated carbocycles. The van der Waals surface area contributed by atoms with Crippen LogP contribution >= 0.6 is 0 Å². The first-order valence-electron chi connectivity index (χ1n) is 11.0. The molecule has 2 aromatic carbocycles. The van der Waals surface area contributed by atoms with Gasteiger partial charge in [0, 0.05) is 23.7 Å². The molecule has 6 atom stereocenters. The van der Waals surface area contributed by atoms with E-state index in [0.29, 0.717) is 0 Å². The highest BCUT2D eigenvalue weighted by molar-refractivity contribution is 5.63. The highest BCUT2D eigenvalue weighted by Gasteiger charge is 2.65. The molecule has 0 aromatic heterocycles. The minimum Gasteiger partial charge on any atom is -0.438 e. The van der Waals surface area contributed by atoms with Crippen LogP contribution in [0.3, 0.4) is 0 Å². The molecule has 0 amide bonds. The zero-order valence-corrected chi connectivity index (χ0v) is 18.2. The Bertz CT molecular complexity index is 968. The average Bonchev–Trinajstić information content (AvgIpc) is 3.35. The molecule has 2 fully saturated rings. The van der Waals surface area contributed by atoms with Crippen LogP contribution in [0.15, 0.2) is 48.5 Å². The van der Waals surface area contributed by atoms with Gasteiger partial charge in [0.2, 0.25) is 0 Å². The van der Waals surface area contributed by atoms with Gasteiger partial charge in [-0.05, 0) is 22.3 Å². The van der Waals surface area contributed by atoms with Gasteiger partial charge in [0.1, 0.15) is 31.2 Å². The minimum absolute atomic E-state index is 0.0199. The third-order valence-electron chi connectivity index (χ3n) is 7.60. The summed E-state index contributed by atoms with van der Waals surface area (Å²) in [5.41, 5.74) is 4.76. The van der Waals surface area contributed by atoms with Gasteiger partial charge in [-0.15, -0.1) is 0 Å². The summed E-state index contributed by atoms with van der Waals surface area (Å²) < 4.78 is 33.2. The lowest BCUT2D eigenvalue weighted by Crippen LogP contribution is -2.64. The van der Waals surface area contributed by atoms with E-state index in [1.54, 1.807) is 0 Å². The lowest BCUT2D eigenvalue weighted by atomic mass is 9.49. The van der Waals surface area contributed by atoms with Crippen molar-refractivity contribution >= 4 is 12.3 Å². The second-order valence-corrected chi connectivity index (χ2v) is 8.82. The maximum Gasteiger partial charge on any atom is 0.508 e. The standard InChI is InChI=1S/C25H24O8/c1-28-24(26)32-20-18-16-12-7-3-5-9-14(12)17(15-10-6-4-8-13(15)16)19(18)21(33-25(27)29-2)23-22(20)30-11-31-23/h3-10,16-23H,11H2,1-2H3/t16?,17?,18-,19+,20-,21+,22?,23?. The Morgan fingerprint density at radius 1 is 0.697 bits per heavy atom. The van der Waals surface area contributed by atoms with E-state index < -0.39 is 36.7 Å². The number of rotatable bonds is 2. The van der Waals surface area contributed by atoms with Crippen LogP contribution in [0.2, 0.25) is 0 Å². The first kappa shape index (κ1) is 20.5. The molecule has 0 radical (unpaired) electrons. The summed E-state index contributed by atoms with van der Waals surface area (Å²) >= 11 is 0. The van der Waals surface area contributed by atoms with Crippen molar-refractivity contribution in [3.05, 3.63) is 70.8 Å². The van der Waals surface area contributed by atoms with E-state index >= 15 is 0 Å². The van der Waals surface area contributed by atoms with Crippen LogP contribution in [0, 0.1) is 11.8 Å². The van der Waals surface area contributed by atoms with Crippen molar-refractivity contribution in [1.29, 1.82) is 0 Å². The van der Waals surface area contributed by atoms with Crippen molar-refractivity contribution in [1.82, 2.24) is 0 Å². The molecule has 172 valence electrons. The molecule has 4 aliphatic carbocycles. The number of carbonyl (C=O) groups excluding carboxylic acids is 2. The highest BCUT2D eigenvalue weighted by atomic mass is 16.8. The van der Waals surface area contributed by atoms with Crippen LogP contribution in [-0.4, -0.2) is 57.7 Å². The quantitative estimate of drug-likeness (QED) is 0.639. The first-order valence-corrected chi connectivity index (χ1v) is 11.0. The van der Waals surface area contributed by atoms with E-state index in [-0.39, 0.29) is 30.5 Å². The van der Waals surface area contributed by atoms with Crippen LogP contribution in [-0.2, 0) is 28.4 Å². The summed E-state index contributed by atoms with van der Waals surface area (Å²) in [6.07, 6.45) is -4.02. The predicted octanol–water partition coefficient (Wildman–Crippen LogP) is 3.57. The van der Waals surface area contributed by atoms with Crippen LogP contribution in [0.5, 0.6) is 0 Å². The average molecular weight is 452 g/mol. The normalized spacial score (nSPS) is 34.8. The van der Waals surface area contributed by atoms with Crippen molar-refractivity contribution in [2.75, 3.05) is 21.0 Å². The summed E-state index contributed by atoms with van der Waals surface area (Å²) in [6, 6.07) is 16.6. The number of hydrogen-bond donors (Lipinski definition) is 0. The summed E-state index contributed by atoms with van der Waals surface area (Å²) in [4.78, 5) is 24.6. The maximum absolute atomic E-state index is 12.3. The van der Waals surface area contributed by atoms with E-state index in [1.807, 2.05) is 24.3 Å². The maximum atomic E-state index is 12.3. The number of fused-ring (bicyclic) bond motifs is 1. The van der Waals surface area contributed by atoms with E-state index in [2.05, 4.69) is 24.3 Å². The molecule has 8 nitrogen and oxygen atoms in total. The molecule has 0 N–H and O–H groups in total. The van der Waals surface area contributed by atoms with Crippen LogP contribution in [0.1, 0.15) is 34.1 Å². The third kappa shape index (κ3) is 2.90. The molecule has 1 saturated heterocycles. The largest absolute Gasteiger partial charge is 0.508 e. The molecule has 33 heavy (non-hydrogen) atoms. The summed E-state index contributed by atoms with van der Waals surface area (Å²) in [5.74, 6) is -0.570. The van der Waals surface area contributed by atoms with E-state index in [4.69, 9.17) is 28.4 Å². The second-order valence-electron chi connectivity index (χ2n) is 8.82. The Labute approximate surface area is 190 Å². The minimum atomic E-state index is -0.775. The molecule has 7 rings (SSSR count). The van der Waals surface area contributed by atoms with Crippen molar-refractivity contribution in [2.45, 2.75) is 36.3 Å². The number of ether oxygens (including phenoxy) is 6. The molecule has 5 aliphatic rings. The summed E-state index contributed by atoms with van der Waals surface area (Å²) in [7, 11) is 2.57. The van der Waals surface area contributed by atoms with E-state index in [9.17, 15) is 9.59 Å². The van der Waals surface area contributed by atoms with Gasteiger partial charge in [0.05, 0.1) is 14.2 Å². The van der Waals surface area contributed by atoms with Gasteiger partial charge in [-0.3, -0.25) is 0 Å². The van der Waals surface area contributed by atoms with Gasteiger partial charge in [0.25, 0.3) is 0 Å². The van der Waals surface area contributed by atoms with Gasteiger partial charge in [-0.1, -0.05) is 48.5 Å². The highest BCUT2D eigenvalue weighted by Crippen LogP contribution is 2.63. The Hall–Kier alpha value is -3.10. The number of hydrogen-bond acceptors (Lipinski definition) is 8. The molecule has 0 spiro atoms. The molecule has 2 bridgehead atoms. The molecule has 2 aromatic rings. The molecule has 2 unspecified atom stereocenters. The smallest absolute Gasteiger partial charge is 0.438 e. The molecular weight excluding hydrogens is 428 g/mol. The van der Waals surface area contributed by atoms with Gasteiger partial charge in [-0.2, -0.15) is 0 Å². The lowest BCUT2D eigenvalue weighted by molar-refractivity contribution is -0.164. The first-order chi connectivity index (χ1) is 16.1. The topological polar surface area (TPSA) is 89.5 Å². The monoisotopic (exact) mass is 452 g/mol. The van der Waals surface area contributed by atoms with E-state index in [1.165, 1.54) is 36.5 Å². The Morgan fingerprint density at radius 3 is 1.39 bits per heavy atom. The fourth-order valence-corrected chi connectivity index (χ4v) is 6.58. The predicted molar refractivity (Wildman–Crippen MR) is 113 cm³/mol. The lowest BCUT2D eigenvalue weighted by Gasteiger charge is -2.58. The molecule has 1 aliphatic heterocycles. The number of carbonyl (C=O) groups is 2. The van der Waals surface area contributed by atoms with Crippen molar-refractivity contribution in [2.24, 2.45) is 11.8 Å². The fourth-order valence-electron chi connectivity index (χ4n) is 6.58. The second kappa shape index (κ2) is 7.74. The number of benzene rings is 2. The van der Waals surface area contributed by atoms with Gasteiger partial charge >= 0.3 is 12.3 Å². The summed E-state index contributed by atoms with van der Waals surface area (Å²) in [5, 5.41) is 0. The molecule has 1 heterocycles. The van der Waals surface area contributed by atoms with E-state index in [0.717, 1.165) is 0 Å². The SMILES string of the molecule is COC(=O)O[C@@H]1C2OCOC2[C@H](OC(=O)OC)[C@@H]2C3c4ccccc4C(c4ccccc43)[C@@H]21. The molecule has 8 heteroatoms. The van der Waals surface area contributed by atoms with Crippen molar-refractivity contribution in [3.63, 3.8) is 0 Å². The van der Waals surface area contributed by atoms with Gasteiger partial charge in [-0.25, -0.2) is 9.59 Å². The Balaban J connectivity index is 1.56. The zero-order chi connectivity index (χ0) is 22.7. The Kier molecular flexibility index (Phi) is 4.81.